The van der Waals surface area contributed by atoms with E-state index in [9.17, 15) is 0 Å². The van der Waals surface area contributed by atoms with Crippen molar-refractivity contribution in [3.63, 3.8) is 0 Å². The molecule has 3 nitrogen and oxygen atoms in total. The van der Waals surface area contributed by atoms with E-state index in [0.29, 0.717) is 18.3 Å². The van der Waals surface area contributed by atoms with Crippen molar-refractivity contribution in [1.82, 2.24) is 0 Å². The number of epoxide rings is 2. The van der Waals surface area contributed by atoms with Crippen LogP contribution < -0.4 is 0 Å². The normalized spacial score (nSPS) is 42.4. The Labute approximate surface area is 91.1 Å². The van der Waals surface area contributed by atoms with Gasteiger partial charge in [0.15, 0.2) is 0 Å². The van der Waals surface area contributed by atoms with Crippen LogP contribution in [0.2, 0.25) is 0 Å². The van der Waals surface area contributed by atoms with Gasteiger partial charge < -0.3 is 14.2 Å². The molecule has 0 aromatic rings. The minimum atomic E-state index is 0.417. The smallest absolute Gasteiger partial charge is 0.104 e. The number of hydrogen-bond acceptors (Lipinski definition) is 3. The fourth-order valence-corrected chi connectivity index (χ4v) is 2.60. The highest BCUT2D eigenvalue weighted by molar-refractivity contribution is 4.91. The summed E-state index contributed by atoms with van der Waals surface area (Å²) < 4.78 is 16.1. The highest BCUT2D eigenvalue weighted by Gasteiger charge is 2.43. The summed E-state index contributed by atoms with van der Waals surface area (Å²) in [7, 11) is 0. The summed E-state index contributed by atoms with van der Waals surface area (Å²) in [5, 5.41) is 0. The summed E-state index contributed by atoms with van der Waals surface area (Å²) >= 11 is 0. The summed E-state index contributed by atoms with van der Waals surface area (Å²) in [5.74, 6) is 0.898. The summed E-state index contributed by atoms with van der Waals surface area (Å²) in [5.41, 5.74) is 0. The van der Waals surface area contributed by atoms with E-state index in [4.69, 9.17) is 14.2 Å². The lowest BCUT2D eigenvalue weighted by molar-refractivity contribution is 0.109. The van der Waals surface area contributed by atoms with Crippen LogP contribution in [0.5, 0.6) is 0 Å². The van der Waals surface area contributed by atoms with Crippen molar-refractivity contribution >= 4 is 0 Å². The van der Waals surface area contributed by atoms with Crippen LogP contribution in [0.15, 0.2) is 0 Å². The van der Waals surface area contributed by atoms with Crippen molar-refractivity contribution in [1.29, 1.82) is 0 Å². The van der Waals surface area contributed by atoms with Crippen LogP contribution in [0, 0.1) is 5.92 Å². The van der Waals surface area contributed by atoms with Gasteiger partial charge in [0.2, 0.25) is 0 Å². The third-order valence-electron chi connectivity index (χ3n) is 3.72. The molecule has 4 atom stereocenters. The van der Waals surface area contributed by atoms with E-state index in [-0.39, 0.29) is 0 Å². The first-order valence-electron chi connectivity index (χ1n) is 6.26. The summed E-state index contributed by atoms with van der Waals surface area (Å²) in [4.78, 5) is 0. The highest BCUT2D eigenvalue weighted by atomic mass is 16.6. The summed E-state index contributed by atoms with van der Waals surface area (Å²) in [6.45, 7) is 2.62. The fourth-order valence-electron chi connectivity index (χ4n) is 2.60. The Morgan fingerprint density at radius 3 is 2.93 bits per heavy atom. The molecule has 0 bridgehead atoms. The van der Waals surface area contributed by atoms with E-state index in [0.717, 1.165) is 25.7 Å². The zero-order valence-electron chi connectivity index (χ0n) is 9.19. The van der Waals surface area contributed by atoms with Crippen LogP contribution in [-0.4, -0.2) is 38.1 Å². The van der Waals surface area contributed by atoms with Crippen LogP contribution in [-0.2, 0) is 14.2 Å². The van der Waals surface area contributed by atoms with Gasteiger partial charge in [-0.25, -0.2) is 0 Å². The number of hydrogen-bond donors (Lipinski definition) is 0. The molecule has 0 spiro atoms. The van der Waals surface area contributed by atoms with Gasteiger partial charge in [-0.2, -0.15) is 0 Å². The Morgan fingerprint density at radius 1 is 1.20 bits per heavy atom. The molecule has 4 unspecified atom stereocenters. The van der Waals surface area contributed by atoms with E-state index in [1.807, 2.05) is 0 Å². The number of rotatable bonds is 6. The van der Waals surface area contributed by atoms with E-state index < -0.39 is 0 Å². The molecule has 1 aliphatic carbocycles. The van der Waals surface area contributed by atoms with Crippen LogP contribution in [0.1, 0.15) is 32.1 Å². The number of fused-ring (bicyclic) bond motifs is 1. The molecular formula is C12H20O3. The van der Waals surface area contributed by atoms with Gasteiger partial charge in [0.25, 0.3) is 0 Å². The largest absolute Gasteiger partial charge is 0.379 e. The van der Waals surface area contributed by atoms with Gasteiger partial charge in [-0.1, -0.05) is 0 Å². The Balaban J connectivity index is 1.22. The van der Waals surface area contributed by atoms with E-state index in [1.54, 1.807) is 0 Å². The third kappa shape index (κ3) is 2.92. The first-order valence-corrected chi connectivity index (χ1v) is 6.26. The molecule has 2 aliphatic heterocycles. The zero-order chi connectivity index (χ0) is 10.1. The van der Waals surface area contributed by atoms with E-state index >= 15 is 0 Å². The predicted octanol–water partition coefficient (Wildman–Crippen LogP) is 1.75. The summed E-state index contributed by atoms with van der Waals surface area (Å²) in [6.07, 6.45) is 8.18. The molecule has 3 heteroatoms. The molecule has 0 radical (unpaired) electrons. The quantitative estimate of drug-likeness (QED) is 0.497. The topological polar surface area (TPSA) is 34.3 Å². The summed E-state index contributed by atoms with van der Waals surface area (Å²) in [6, 6.07) is 0. The molecular weight excluding hydrogens is 192 g/mol. The average molecular weight is 212 g/mol. The minimum Gasteiger partial charge on any atom is -0.379 e. The molecule has 1 saturated carbocycles. The second-order valence-corrected chi connectivity index (χ2v) is 5.06. The van der Waals surface area contributed by atoms with Gasteiger partial charge in [0.1, 0.15) is 6.10 Å². The SMILES string of the molecule is C(COCC1CO1)CC1CCC2OC2C1. The van der Waals surface area contributed by atoms with Crippen molar-refractivity contribution < 1.29 is 14.2 Å². The monoisotopic (exact) mass is 212 g/mol. The Kier molecular flexibility index (Phi) is 2.95. The lowest BCUT2D eigenvalue weighted by Gasteiger charge is -2.18. The Bertz CT molecular complexity index is 215. The van der Waals surface area contributed by atoms with Crippen molar-refractivity contribution in [3.8, 4) is 0 Å². The number of ether oxygens (including phenoxy) is 3. The minimum absolute atomic E-state index is 0.417. The molecule has 0 N–H and O–H groups in total. The van der Waals surface area contributed by atoms with Gasteiger partial charge in [0.05, 0.1) is 25.4 Å². The molecule has 2 saturated heterocycles. The highest BCUT2D eigenvalue weighted by Crippen LogP contribution is 2.40. The first kappa shape index (κ1) is 10.1. The molecule has 3 fully saturated rings. The molecule has 2 heterocycles. The van der Waals surface area contributed by atoms with Crippen molar-refractivity contribution in [2.24, 2.45) is 5.92 Å². The lowest BCUT2D eigenvalue weighted by Crippen LogP contribution is -2.14. The Morgan fingerprint density at radius 2 is 2.13 bits per heavy atom. The van der Waals surface area contributed by atoms with Crippen LogP contribution >= 0.6 is 0 Å². The average Bonchev–Trinajstić information content (AvgIpc) is 3.12. The van der Waals surface area contributed by atoms with Gasteiger partial charge in [-0.3, -0.25) is 0 Å². The maximum absolute atomic E-state index is 5.53. The molecule has 0 aromatic heterocycles. The van der Waals surface area contributed by atoms with Gasteiger partial charge in [-0.15, -0.1) is 0 Å². The molecule has 3 aliphatic rings. The van der Waals surface area contributed by atoms with E-state index in [2.05, 4.69) is 0 Å². The van der Waals surface area contributed by atoms with Gasteiger partial charge in [0, 0.05) is 6.61 Å². The Hall–Kier alpha value is -0.120. The van der Waals surface area contributed by atoms with Gasteiger partial charge in [-0.05, 0) is 38.0 Å². The second-order valence-electron chi connectivity index (χ2n) is 5.06. The van der Waals surface area contributed by atoms with Crippen molar-refractivity contribution in [2.75, 3.05) is 19.8 Å². The fraction of sp³-hybridized carbons (Fsp3) is 1.00. The van der Waals surface area contributed by atoms with Crippen molar-refractivity contribution in [3.05, 3.63) is 0 Å². The maximum Gasteiger partial charge on any atom is 0.104 e. The standard InChI is InChI=1S/C12H20O3/c1(5-13-7-10-8-14-10)2-9-3-4-11-12(6-9)15-11/h9-12H,1-8H2. The van der Waals surface area contributed by atoms with Crippen LogP contribution in [0.3, 0.4) is 0 Å². The first-order chi connectivity index (χ1) is 7.42. The maximum atomic E-state index is 5.53. The van der Waals surface area contributed by atoms with Crippen LogP contribution in [0.4, 0.5) is 0 Å². The van der Waals surface area contributed by atoms with E-state index in [1.165, 1.54) is 32.1 Å². The molecule has 0 aromatic carbocycles. The third-order valence-corrected chi connectivity index (χ3v) is 3.72. The second kappa shape index (κ2) is 4.40. The molecule has 15 heavy (non-hydrogen) atoms. The zero-order valence-corrected chi connectivity index (χ0v) is 9.19. The molecule has 0 amide bonds. The van der Waals surface area contributed by atoms with Crippen LogP contribution in [0.25, 0.3) is 0 Å². The molecule has 86 valence electrons. The lowest BCUT2D eigenvalue weighted by atomic mass is 9.86. The predicted molar refractivity (Wildman–Crippen MR) is 55.8 cm³/mol. The van der Waals surface area contributed by atoms with Crippen molar-refractivity contribution in [2.45, 2.75) is 50.4 Å². The molecule has 3 rings (SSSR count). The van der Waals surface area contributed by atoms with Gasteiger partial charge >= 0.3 is 0 Å².